The summed E-state index contributed by atoms with van der Waals surface area (Å²) >= 11 is 0. The Bertz CT molecular complexity index is 353. The fourth-order valence-electron chi connectivity index (χ4n) is 1.45. The molecule has 90 valence electrons. The molecule has 0 aromatic heterocycles. The largest absolute Gasteiger partial charge is 0.505 e. The molecule has 0 saturated carbocycles. The summed E-state index contributed by atoms with van der Waals surface area (Å²) in [5.41, 5.74) is 0.331. The van der Waals surface area contributed by atoms with Crippen molar-refractivity contribution in [1.29, 1.82) is 0 Å². The van der Waals surface area contributed by atoms with E-state index in [-0.39, 0.29) is 11.3 Å². The van der Waals surface area contributed by atoms with E-state index >= 15 is 0 Å². The zero-order valence-electron chi connectivity index (χ0n) is 9.88. The minimum Gasteiger partial charge on any atom is -0.505 e. The number of nitrogens with one attached hydrogen (secondary N) is 1. The van der Waals surface area contributed by atoms with Crippen molar-refractivity contribution in [2.24, 2.45) is 0 Å². The Morgan fingerprint density at radius 3 is 2.75 bits per heavy atom. The highest BCUT2D eigenvalue weighted by molar-refractivity contribution is 5.33. The molecule has 4 heteroatoms. The minimum absolute atomic E-state index is 0.215. The second kappa shape index (κ2) is 5.27. The Hall–Kier alpha value is -1.13. The van der Waals surface area contributed by atoms with Crippen LogP contribution in [0.5, 0.6) is 5.75 Å². The zero-order valence-corrected chi connectivity index (χ0v) is 9.88. The average molecular weight is 227 g/mol. The topological polar surface area (TPSA) is 41.5 Å². The van der Waals surface area contributed by atoms with Gasteiger partial charge in [0, 0.05) is 24.8 Å². The highest BCUT2D eigenvalue weighted by Gasteiger charge is 2.17. The summed E-state index contributed by atoms with van der Waals surface area (Å²) in [6.45, 7) is 4.91. The third-order valence-corrected chi connectivity index (χ3v) is 2.33. The van der Waals surface area contributed by atoms with Gasteiger partial charge >= 0.3 is 0 Å². The van der Waals surface area contributed by atoms with Gasteiger partial charge in [-0.05, 0) is 19.9 Å². The standard InChI is InChI=1S/C12H18FNO2/c1-12(2,8-16-3)14-7-9-5-4-6-10(13)11(9)15/h4-6,14-15H,7-8H2,1-3H3. The van der Waals surface area contributed by atoms with Crippen molar-refractivity contribution < 1.29 is 14.2 Å². The minimum atomic E-state index is -0.594. The van der Waals surface area contributed by atoms with Crippen molar-refractivity contribution in [3.05, 3.63) is 29.6 Å². The first kappa shape index (κ1) is 12.9. The number of benzene rings is 1. The van der Waals surface area contributed by atoms with Crippen molar-refractivity contribution in [2.45, 2.75) is 25.9 Å². The molecule has 1 aromatic carbocycles. The van der Waals surface area contributed by atoms with E-state index in [2.05, 4.69) is 5.32 Å². The van der Waals surface area contributed by atoms with Crippen LogP contribution < -0.4 is 5.32 Å². The Balaban J connectivity index is 2.64. The molecular formula is C12H18FNO2. The van der Waals surface area contributed by atoms with Gasteiger partial charge in [-0.25, -0.2) is 4.39 Å². The summed E-state index contributed by atoms with van der Waals surface area (Å²) in [5, 5.41) is 12.7. The van der Waals surface area contributed by atoms with Crippen LogP contribution >= 0.6 is 0 Å². The third kappa shape index (κ3) is 3.47. The van der Waals surface area contributed by atoms with Crippen molar-refractivity contribution in [2.75, 3.05) is 13.7 Å². The highest BCUT2D eigenvalue weighted by Crippen LogP contribution is 2.21. The van der Waals surface area contributed by atoms with Crippen LogP contribution in [0.2, 0.25) is 0 Å². The summed E-state index contributed by atoms with van der Waals surface area (Å²) < 4.78 is 18.1. The summed E-state index contributed by atoms with van der Waals surface area (Å²) in [7, 11) is 1.63. The smallest absolute Gasteiger partial charge is 0.165 e. The van der Waals surface area contributed by atoms with Gasteiger partial charge in [-0.3, -0.25) is 0 Å². The Morgan fingerprint density at radius 1 is 1.44 bits per heavy atom. The number of hydrogen-bond acceptors (Lipinski definition) is 3. The van der Waals surface area contributed by atoms with Gasteiger partial charge in [0.1, 0.15) is 0 Å². The van der Waals surface area contributed by atoms with Gasteiger partial charge in [-0.15, -0.1) is 0 Å². The van der Waals surface area contributed by atoms with E-state index in [9.17, 15) is 9.50 Å². The summed E-state index contributed by atoms with van der Waals surface area (Å²) in [5.74, 6) is -0.882. The average Bonchev–Trinajstić information content (AvgIpc) is 2.20. The lowest BCUT2D eigenvalue weighted by Crippen LogP contribution is -2.42. The highest BCUT2D eigenvalue weighted by atomic mass is 19.1. The number of aromatic hydroxyl groups is 1. The van der Waals surface area contributed by atoms with Gasteiger partial charge in [0.15, 0.2) is 11.6 Å². The van der Waals surface area contributed by atoms with Crippen LogP contribution in [0.15, 0.2) is 18.2 Å². The molecule has 0 aliphatic carbocycles. The van der Waals surface area contributed by atoms with Crippen molar-refractivity contribution >= 4 is 0 Å². The first-order valence-electron chi connectivity index (χ1n) is 5.16. The van der Waals surface area contributed by atoms with E-state index in [0.717, 1.165) is 0 Å². The number of rotatable bonds is 5. The summed E-state index contributed by atoms with van der Waals surface area (Å²) in [6, 6.07) is 4.50. The quantitative estimate of drug-likeness (QED) is 0.809. The summed E-state index contributed by atoms with van der Waals surface area (Å²) in [4.78, 5) is 0. The van der Waals surface area contributed by atoms with Gasteiger partial charge in [0.25, 0.3) is 0 Å². The molecule has 0 heterocycles. The lowest BCUT2D eigenvalue weighted by molar-refractivity contribution is 0.127. The number of phenols is 1. The number of methoxy groups -OCH3 is 1. The number of ether oxygens (including phenoxy) is 1. The predicted octanol–water partition coefficient (Wildman–Crippen LogP) is 2.05. The Labute approximate surface area is 95.2 Å². The van der Waals surface area contributed by atoms with Gasteiger partial charge < -0.3 is 15.2 Å². The van der Waals surface area contributed by atoms with Crippen LogP contribution in [-0.2, 0) is 11.3 Å². The van der Waals surface area contributed by atoms with Gasteiger partial charge in [-0.1, -0.05) is 12.1 Å². The van der Waals surface area contributed by atoms with Crippen molar-refractivity contribution in [3.8, 4) is 5.75 Å². The van der Waals surface area contributed by atoms with Crippen LogP contribution in [0, 0.1) is 5.82 Å². The molecule has 0 spiro atoms. The van der Waals surface area contributed by atoms with Gasteiger partial charge in [0.05, 0.1) is 6.61 Å². The molecule has 0 fully saturated rings. The molecule has 1 aromatic rings. The molecule has 0 amide bonds. The van der Waals surface area contributed by atoms with E-state index in [1.807, 2.05) is 13.8 Å². The van der Waals surface area contributed by atoms with Crippen LogP contribution in [-0.4, -0.2) is 24.4 Å². The Kier molecular flexibility index (Phi) is 4.26. The van der Waals surface area contributed by atoms with Crippen LogP contribution in [0.1, 0.15) is 19.4 Å². The molecule has 16 heavy (non-hydrogen) atoms. The monoisotopic (exact) mass is 227 g/mol. The van der Waals surface area contributed by atoms with Crippen LogP contribution in [0.25, 0.3) is 0 Å². The molecule has 0 saturated heterocycles. The van der Waals surface area contributed by atoms with Crippen molar-refractivity contribution in [3.63, 3.8) is 0 Å². The van der Waals surface area contributed by atoms with E-state index in [1.165, 1.54) is 6.07 Å². The van der Waals surface area contributed by atoms with E-state index < -0.39 is 5.82 Å². The second-order valence-corrected chi connectivity index (χ2v) is 4.42. The molecule has 0 radical (unpaired) electrons. The molecule has 0 bridgehead atoms. The number of halogens is 1. The molecule has 0 atom stereocenters. The molecule has 2 N–H and O–H groups in total. The molecular weight excluding hydrogens is 209 g/mol. The number of hydrogen-bond donors (Lipinski definition) is 2. The number of phenolic OH excluding ortho intramolecular Hbond substituents is 1. The maximum atomic E-state index is 13.0. The maximum absolute atomic E-state index is 13.0. The fourth-order valence-corrected chi connectivity index (χ4v) is 1.45. The zero-order chi connectivity index (χ0) is 12.2. The third-order valence-electron chi connectivity index (χ3n) is 2.33. The van der Waals surface area contributed by atoms with Gasteiger partial charge in [0.2, 0.25) is 0 Å². The van der Waals surface area contributed by atoms with Crippen LogP contribution in [0.4, 0.5) is 4.39 Å². The maximum Gasteiger partial charge on any atom is 0.165 e. The SMILES string of the molecule is COCC(C)(C)NCc1cccc(F)c1O. The molecule has 0 aliphatic heterocycles. The predicted molar refractivity (Wildman–Crippen MR) is 60.9 cm³/mol. The molecule has 3 nitrogen and oxygen atoms in total. The van der Waals surface area contributed by atoms with E-state index in [1.54, 1.807) is 19.2 Å². The number of para-hydroxylation sites is 1. The molecule has 1 rings (SSSR count). The normalized spacial score (nSPS) is 11.8. The lowest BCUT2D eigenvalue weighted by atomic mass is 10.1. The second-order valence-electron chi connectivity index (χ2n) is 4.42. The molecule has 0 unspecified atom stereocenters. The fraction of sp³-hybridized carbons (Fsp3) is 0.500. The Morgan fingerprint density at radius 2 is 2.12 bits per heavy atom. The first-order valence-corrected chi connectivity index (χ1v) is 5.16. The summed E-state index contributed by atoms with van der Waals surface area (Å²) in [6.07, 6.45) is 0. The lowest BCUT2D eigenvalue weighted by Gasteiger charge is -2.25. The van der Waals surface area contributed by atoms with Gasteiger partial charge in [-0.2, -0.15) is 0 Å². The first-order chi connectivity index (χ1) is 7.46. The van der Waals surface area contributed by atoms with Crippen LogP contribution in [0.3, 0.4) is 0 Å². The van der Waals surface area contributed by atoms with Crippen molar-refractivity contribution in [1.82, 2.24) is 5.32 Å². The van der Waals surface area contributed by atoms with E-state index in [0.29, 0.717) is 18.7 Å². The molecule has 0 aliphatic rings. The van der Waals surface area contributed by atoms with E-state index in [4.69, 9.17) is 4.74 Å².